The molecule has 0 bridgehead atoms. The largest absolute Gasteiger partial charge is 0.497 e. The standard InChI is InChI=1S/C15H15NO5/c1-20-13-6-7-15(12(8-13)9-17)21-10-11-4-2-3-5-14(11)16(18)19/h2-8,17H,9-10H2,1H3. The topological polar surface area (TPSA) is 81.8 Å². The Morgan fingerprint density at radius 1 is 1.19 bits per heavy atom. The van der Waals surface area contributed by atoms with Crippen molar-refractivity contribution in [3.8, 4) is 11.5 Å². The second-order valence-corrected chi connectivity index (χ2v) is 4.31. The summed E-state index contributed by atoms with van der Waals surface area (Å²) in [6, 6.07) is 11.4. The molecule has 0 aliphatic rings. The molecule has 6 heteroatoms. The maximum Gasteiger partial charge on any atom is 0.276 e. The molecular weight excluding hydrogens is 274 g/mol. The van der Waals surface area contributed by atoms with E-state index in [1.54, 1.807) is 36.4 Å². The van der Waals surface area contributed by atoms with Gasteiger partial charge in [-0.05, 0) is 24.3 Å². The Labute approximate surface area is 121 Å². The lowest BCUT2D eigenvalue weighted by molar-refractivity contribution is -0.385. The molecule has 0 unspecified atom stereocenters. The second kappa shape index (κ2) is 6.71. The Hall–Kier alpha value is -2.60. The first-order valence-corrected chi connectivity index (χ1v) is 6.28. The van der Waals surface area contributed by atoms with Crippen molar-refractivity contribution >= 4 is 5.69 Å². The van der Waals surface area contributed by atoms with Gasteiger partial charge in [0.15, 0.2) is 0 Å². The number of nitro benzene ring substituents is 1. The number of hydrogen-bond acceptors (Lipinski definition) is 5. The van der Waals surface area contributed by atoms with Gasteiger partial charge in [-0.15, -0.1) is 0 Å². The predicted octanol–water partition coefficient (Wildman–Crippen LogP) is 2.67. The van der Waals surface area contributed by atoms with E-state index in [-0.39, 0.29) is 18.9 Å². The summed E-state index contributed by atoms with van der Waals surface area (Å²) in [5, 5.41) is 20.3. The van der Waals surface area contributed by atoms with Crippen LogP contribution in [0.1, 0.15) is 11.1 Å². The van der Waals surface area contributed by atoms with E-state index in [1.807, 2.05) is 0 Å². The van der Waals surface area contributed by atoms with Crippen LogP contribution in [0.2, 0.25) is 0 Å². The summed E-state index contributed by atoms with van der Waals surface area (Å²) in [5.41, 5.74) is 1.05. The van der Waals surface area contributed by atoms with Gasteiger partial charge in [-0.1, -0.05) is 12.1 Å². The number of nitro groups is 1. The van der Waals surface area contributed by atoms with Gasteiger partial charge in [0, 0.05) is 11.6 Å². The number of para-hydroxylation sites is 1. The highest BCUT2D eigenvalue weighted by Crippen LogP contribution is 2.26. The number of benzene rings is 2. The minimum atomic E-state index is -0.445. The van der Waals surface area contributed by atoms with Gasteiger partial charge >= 0.3 is 0 Å². The van der Waals surface area contributed by atoms with Crippen LogP contribution in [0.15, 0.2) is 42.5 Å². The Morgan fingerprint density at radius 2 is 1.95 bits per heavy atom. The van der Waals surface area contributed by atoms with Crippen molar-refractivity contribution in [1.29, 1.82) is 0 Å². The average molecular weight is 289 g/mol. The fourth-order valence-electron chi connectivity index (χ4n) is 1.91. The van der Waals surface area contributed by atoms with E-state index in [0.29, 0.717) is 22.6 Å². The lowest BCUT2D eigenvalue weighted by atomic mass is 10.2. The zero-order chi connectivity index (χ0) is 15.2. The summed E-state index contributed by atoms with van der Waals surface area (Å²) in [6.45, 7) is -0.153. The Balaban J connectivity index is 2.19. The lowest BCUT2D eigenvalue weighted by Crippen LogP contribution is -2.02. The first kappa shape index (κ1) is 14.8. The fourth-order valence-corrected chi connectivity index (χ4v) is 1.91. The number of rotatable bonds is 6. The quantitative estimate of drug-likeness (QED) is 0.653. The first-order valence-electron chi connectivity index (χ1n) is 6.28. The van der Waals surface area contributed by atoms with Crippen LogP contribution in [0.25, 0.3) is 0 Å². The minimum absolute atomic E-state index is 0.0107. The van der Waals surface area contributed by atoms with Crippen molar-refractivity contribution in [2.24, 2.45) is 0 Å². The molecule has 6 nitrogen and oxygen atoms in total. The Bertz CT molecular complexity index is 642. The number of methoxy groups -OCH3 is 1. The van der Waals surface area contributed by atoms with Crippen LogP contribution in [0.5, 0.6) is 11.5 Å². The molecule has 2 aromatic rings. The van der Waals surface area contributed by atoms with Gasteiger partial charge in [0.2, 0.25) is 0 Å². The summed E-state index contributed by atoms with van der Waals surface area (Å²) in [5.74, 6) is 1.08. The number of nitrogens with zero attached hydrogens (tertiary/aromatic N) is 1. The summed E-state index contributed by atoms with van der Waals surface area (Å²) >= 11 is 0. The molecule has 0 aromatic heterocycles. The maximum absolute atomic E-state index is 10.9. The molecule has 110 valence electrons. The number of aliphatic hydroxyl groups is 1. The molecule has 0 aliphatic heterocycles. The molecule has 1 N–H and O–H groups in total. The minimum Gasteiger partial charge on any atom is -0.497 e. The van der Waals surface area contributed by atoms with Gasteiger partial charge in [0.05, 0.1) is 24.2 Å². The molecule has 0 heterocycles. The molecule has 0 saturated heterocycles. The van der Waals surface area contributed by atoms with Gasteiger partial charge in [-0.25, -0.2) is 0 Å². The third kappa shape index (κ3) is 3.49. The van der Waals surface area contributed by atoms with Crippen LogP contribution in [-0.2, 0) is 13.2 Å². The summed E-state index contributed by atoms with van der Waals surface area (Å²) in [6.07, 6.45) is 0. The van der Waals surface area contributed by atoms with Gasteiger partial charge in [-0.3, -0.25) is 10.1 Å². The second-order valence-electron chi connectivity index (χ2n) is 4.31. The molecule has 21 heavy (non-hydrogen) atoms. The summed E-state index contributed by atoms with van der Waals surface area (Å²) in [7, 11) is 1.53. The first-order chi connectivity index (χ1) is 10.2. The van der Waals surface area contributed by atoms with Crippen LogP contribution in [0.3, 0.4) is 0 Å². The van der Waals surface area contributed by atoms with Crippen LogP contribution in [0, 0.1) is 10.1 Å². The zero-order valence-electron chi connectivity index (χ0n) is 11.5. The molecule has 0 saturated carbocycles. The SMILES string of the molecule is COc1ccc(OCc2ccccc2[N+](=O)[O-])c(CO)c1. The molecule has 0 radical (unpaired) electrons. The van der Waals surface area contributed by atoms with Crippen LogP contribution in [-0.4, -0.2) is 17.1 Å². The van der Waals surface area contributed by atoms with Crippen LogP contribution in [0.4, 0.5) is 5.69 Å². The summed E-state index contributed by atoms with van der Waals surface area (Å²) in [4.78, 5) is 10.5. The molecule has 0 spiro atoms. The van der Waals surface area contributed by atoms with Crippen LogP contribution >= 0.6 is 0 Å². The van der Waals surface area contributed by atoms with Crippen LogP contribution < -0.4 is 9.47 Å². The van der Waals surface area contributed by atoms with E-state index in [9.17, 15) is 15.2 Å². The monoisotopic (exact) mass is 289 g/mol. The van der Waals surface area contributed by atoms with Crippen molar-refractivity contribution in [3.63, 3.8) is 0 Å². The molecule has 2 aromatic carbocycles. The van der Waals surface area contributed by atoms with Crippen molar-refractivity contribution in [2.45, 2.75) is 13.2 Å². The number of aliphatic hydroxyl groups excluding tert-OH is 1. The highest BCUT2D eigenvalue weighted by atomic mass is 16.6. The van der Waals surface area contributed by atoms with Gasteiger partial charge in [0.1, 0.15) is 18.1 Å². The number of ether oxygens (including phenoxy) is 2. The van der Waals surface area contributed by atoms with Crippen molar-refractivity contribution in [3.05, 3.63) is 63.7 Å². The molecule has 2 rings (SSSR count). The average Bonchev–Trinajstić information content (AvgIpc) is 2.52. The summed E-state index contributed by atoms with van der Waals surface area (Å²) < 4.78 is 10.7. The van der Waals surface area contributed by atoms with Gasteiger partial charge in [-0.2, -0.15) is 0 Å². The number of hydrogen-bond donors (Lipinski definition) is 1. The van der Waals surface area contributed by atoms with E-state index in [2.05, 4.69) is 0 Å². The molecular formula is C15H15NO5. The zero-order valence-corrected chi connectivity index (χ0v) is 11.5. The molecule has 0 amide bonds. The van der Waals surface area contributed by atoms with E-state index in [0.717, 1.165) is 0 Å². The fraction of sp³-hybridized carbons (Fsp3) is 0.200. The third-order valence-electron chi connectivity index (χ3n) is 3.01. The van der Waals surface area contributed by atoms with Crippen molar-refractivity contribution in [1.82, 2.24) is 0 Å². The Morgan fingerprint density at radius 3 is 2.62 bits per heavy atom. The lowest BCUT2D eigenvalue weighted by Gasteiger charge is -2.11. The third-order valence-corrected chi connectivity index (χ3v) is 3.01. The van der Waals surface area contributed by atoms with E-state index in [1.165, 1.54) is 13.2 Å². The predicted molar refractivity (Wildman–Crippen MR) is 76.3 cm³/mol. The molecule has 0 atom stereocenters. The van der Waals surface area contributed by atoms with Gasteiger partial charge in [0.25, 0.3) is 5.69 Å². The smallest absolute Gasteiger partial charge is 0.276 e. The normalized spacial score (nSPS) is 10.2. The highest BCUT2D eigenvalue weighted by molar-refractivity contribution is 5.42. The maximum atomic E-state index is 10.9. The molecule has 0 aliphatic carbocycles. The highest BCUT2D eigenvalue weighted by Gasteiger charge is 2.13. The molecule has 0 fully saturated rings. The van der Waals surface area contributed by atoms with Crippen molar-refractivity contribution in [2.75, 3.05) is 7.11 Å². The van der Waals surface area contributed by atoms with Gasteiger partial charge < -0.3 is 14.6 Å². The van der Waals surface area contributed by atoms with E-state index in [4.69, 9.17) is 9.47 Å². The van der Waals surface area contributed by atoms with E-state index < -0.39 is 4.92 Å². The Kier molecular flexibility index (Phi) is 4.73. The van der Waals surface area contributed by atoms with E-state index >= 15 is 0 Å². The van der Waals surface area contributed by atoms with Crippen molar-refractivity contribution < 1.29 is 19.5 Å².